The lowest BCUT2D eigenvalue weighted by Gasteiger charge is -2.16. The standard InChI is InChI=1S/C12H16F2N2O2/c1-3-15-11-9(13)6-8(7-10(11)14)12(18)16(2)4-5-17/h6-7,15,17H,3-5H2,1-2H3. The highest BCUT2D eigenvalue weighted by molar-refractivity contribution is 5.94. The minimum atomic E-state index is -0.808. The van der Waals surface area contributed by atoms with Gasteiger partial charge in [0.2, 0.25) is 0 Å². The third-order valence-corrected chi connectivity index (χ3v) is 2.42. The Morgan fingerprint density at radius 2 is 1.94 bits per heavy atom. The number of benzene rings is 1. The van der Waals surface area contributed by atoms with Crippen LogP contribution in [0.2, 0.25) is 0 Å². The summed E-state index contributed by atoms with van der Waals surface area (Å²) >= 11 is 0. The van der Waals surface area contributed by atoms with E-state index in [-0.39, 0.29) is 24.4 Å². The van der Waals surface area contributed by atoms with Gasteiger partial charge in [0.1, 0.15) is 17.3 Å². The maximum atomic E-state index is 13.6. The van der Waals surface area contributed by atoms with E-state index >= 15 is 0 Å². The summed E-state index contributed by atoms with van der Waals surface area (Å²) in [6, 6.07) is 1.97. The number of aliphatic hydroxyl groups excluding tert-OH is 1. The molecule has 0 aliphatic carbocycles. The first-order valence-corrected chi connectivity index (χ1v) is 5.60. The van der Waals surface area contributed by atoms with Gasteiger partial charge in [-0.05, 0) is 19.1 Å². The molecule has 0 atom stereocenters. The van der Waals surface area contributed by atoms with Crippen LogP contribution in [0.4, 0.5) is 14.5 Å². The third-order valence-electron chi connectivity index (χ3n) is 2.42. The molecule has 4 nitrogen and oxygen atoms in total. The van der Waals surface area contributed by atoms with E-state index in [2.05, 4.69) is 5.32 Å². The van der Waals surface area contributed by atoms with Crippen LogP contribution < -0.4 is 5.32 Å². The van der Waals surface area contributed by atoms with Crippen molar-refractivity contribution >= 4 is 11.6 Å². The number of anilines is 1. The summed E-state index contributed by atoms with van der Waals surface area (Å²) in [5.41, 5.74) is -0.318. The van der Waals surface area contributed by atoms with E-state index in [4.69, 9.17) is 5.11 Å². The fourth-order valence-corrected chi connectivity index (χ4v) is 1.51. The van der Waals surface area contributed by atoms with Crippen molar-refractivity contribution in [2.75, 3.05) is 32.1 Å². The van der Waals surface area contributed by atoms with Crippen LogP contribution in [0.5, 0.6) is 0 Å². The number of nitrogens with one attached hydrogen (secondary N) is 1. The van der Waals surface area contributed by atoms with E-state index < -0.39 is 17.5 Å². The van der Waals surface area contributed by atoms with Gasteiger partial charge >= 0.3 is 0 Å². The molecule has 0 unspecified atom stereocenters. The zero-order chi connectivity index (χ0) is 13.7. The zero-order valence-electron chi connectivity index (χ0n) is 10.3. The molecule has 6 heteroatoms. The predicted molar refractivity (Wildman–Crippen MR) is 64.6 cm³/mol. The number of hydrogen-bond donors (Lipinski definition) is 2. The van der Waals surface area contributed by atoms with Crippen molar-refractivity contribution in [2.45, 2.75) is 6.92 Å². The van der Waals surface area contributed by atoms with Crippen molar-refractivity contribution < 1.29 is 18.7 Å². The van der Waals surface area contributed by atoms with Gasteiger partial charge in [-0.1, -0.05) is 0 Å². The molecule has 0 saturated heterocycles. The molecule has 0 aromatic heterocycles. The van der Waals surface area contributed by atoms with Crippen molar-refractivity contribution in [2.24, 2.45) is 0 Å². The lowest BCUT2D eigenvalue weighted by molar-refractivity contribution is 0.0766. The van der Waals surface area contributed by atoms with Crippen LogP contribution in [0, 0.1) is 11.6 Å². The monoisotopic (exact) mass is 258 g/mol. The molecular formula is C12H16F2N2O2. The second-order valence-corrected chi connectivity index (χ2v) is 3.80. The molecule has 18 heavy (non-hydrogen) atoms. The molecule has 0 radical (unpaired) electrons. The van der Waals surface area contributed by atoms with Crippen molar-refractivity contribution in [3.63, 3.8) is 0 Å². The Hall–Kier alpha value is -1.69. The minimum absolute atomic E-state index is 0.0809. The highest BCUT2D eigenvalue weighted by Gasteiger charge is 2.17. The fourth-order valence-electron chi connectivity index (χ4n) is 1.51. The van der Waals surface area contributed by atoms with Crippen molar-refractivity contribution in [1.29, 1.82) is 0 Å². The first-order chi connectivity index (χ1) is 8.51. The average Bonchev–Trinajstić information content (AvgIpc) is 2.33. The Balaban J connectivity index is 3.02. The molecule has 0 heterocycles. The summed E-state index contributed by atoms with van der Waals surface area (Å²) < 4.78 is 27.2. The SMILES string of the molecule is CCNc1c(F)cc(C(=O)N(C)CCO)cc1F. The summed E-state index contributed by atoms with van der Waals surface area (Å²) in [5, 5.41) is 11.3. The normalized spacial score (nSPS) is 10.3. The quantitative estimate of drug-likeness (QED) is 0.840. The van der Waals surface area contributed by atoms with Gasteiger partial charge in [0.05, 0.1) is 6.61 Å². The number of aliphatic hydroxyl groups is 1. The Labute approximate surface area is 104 Å². The summed E-state index contributed by atoms with van der Waals surface area (Å²) in [6.07, 6.45) is 0. The molecule has 0 spiro atoms. The van der Waals surface area contributed by atoms with Gasteiger partial charge in [-0.25, -0.2) is 8.78 Å². The maximum Gasteiger partial charge on any atom is 0.253 e. The van der Waals surface area contributed by atoms with Crippen LogP contribution in [0.3, 0.4) is 0 Å². The molecule has 1 aromatic carbocycles. The van der Waals surface area contributed by atoms with Gasteiger partial charge in [-0.3, -0.25) is 4.79 Å². The molecular weight excluding hydrogens is 242 g/mol. The second kappa shape index (κ2) is 6.30. The van der Waals surface area contributed by atoms with Crippen LogP contribution in [0.1, 0.15) is 17.3 Å². The third kappa shape index (κ3) is 3.16. The first kappa shape index (κ1) is 14.4. The molecule has 0 saturated carbocycles. The molecule has 0 bridgehead atoms. The molecule has 1 aromatic rings. The van der Waals surface area contributed by atoms with E-state index in [1.165, 1.54) is 11.9 Å². The largest absolute Gasteiger partial charge is 0.395 e. The van der Waals surface area contributed by atoms with Crippen LogP contribution in [-0.4, -0.2) is 42.7 Å². The van der Waals surface area contributed by atoms with Gasteiger partial charge in [0.25, 0.3) is 5.91 Å². The summed E-state index contributed by atoms with van der Waals surface area (Å²) in [5.74, 6) is -2.15. The number of carbonyl (C=O) groups is 1. The lowest BCUT2D eigenvalue weighted by Crippen LogP contribution is -2.29. The fraction of sp³-hybridized carbons (Fsp3) is 0.417. The average molecular weight is 258 g/mol. The van der Waals surface area contributed by atoms with Crippen LogP contribution in [-0.2, 0) is 0 Å². The number of nitrogens with zero attached hydrogens (tertiary/aromatic N) is 1. The Bertz CT molecular complexity index is 415. The second-order valence-electron chi connectivity index (χ2n) is 3.80. The number of carbonyl (C=O) groups excluding carboxylic acids is 1. The molecule has 1 amide bonds. The van der Waals surface area contributed by atoms with Crippen molar-refractivity contribution in [3.05, 3.63) is 29.3 Å². The van der Waals surface area contributed by atoms with Crippen LogP contribution in [0.25, 0.3) is 0 Å². The number of hydrogen-bond acceptors (Lipinski definition) is 3. The van der Waals surface area contributed by atoms with E-state index in [9.17, 15) is 13.6 Å². The Morgan fingerprint density at radius 1 is 1.39 bits per heavy atom. The van der Waals surface area contributed by atoms with Gasteiger partial charge < -0.3 is 15.3 Å². The highest BCUT2D eigenvalue weighted by Crippen LogP contribution is 2.21. The lowest BCUT2D eigenvalue weighted by atomic mass is 10.1. The van der Waals surface area contributed by atoms with Crippen molar-refractivity contribution in [1.82, 2.24) is 4.90 Å². The smallest absolute Gasteiger partial charge is 0.253 e. The van der Waals surface area contributed by atoms with E-state index in [1.54, 1.807) is 6.92 Å². The molecule has 0 aliphatic heterocycles. The van der Waals surface area contributed by atoms with Gasteiger partial charge in [-0.2, -0.15) is 0 Å². The molecule has 0 fully saturated rings. The van der Waals surface area contributed by atoms with Gasteiger partial charge in [0.15, 0.2) is 0 Å². The molecule has 0 aliphatic rings. The number of likely N-dealkylation sites (N-methyl/N-ethyl adjacent to an activating group) is 1. The van der Waals surface area contributed by atoms with E-state index in [1.807, 2.05) is 0 Å². The maximum absolute atomic E-state index is 13.6. The molecule has 1 rings (SSSR count). The number of amides is 1. The summed E-state index contributed by atoms with van der Waals surface area (Å²) in [6.45, 7) is 2.00. The highest BCUT2D eigenvalue weighted by atomic mass is 19.1. The minimum Gasteiger partial charge on any atom is -0.395 e. The Kier molecular flexibility index (Phi) is 5.03. The molecule has 100 valence electrons. The van der Waals surface area contributed by atoms with Gasteiger partial charge in [0, 0.05) is 25.7 Å². The number of rotatable bonds is 5. The van der Waals surface area contributed by atoms with Crippen LogP contribution >= 0.6 is 0 Å². The molecule has 2 N–H and O–H groups in total. The zero-order valence-corrected chi connectivity index (χ0v) is 10.3. The number of halogens is 2. The first-order valence-electron chi connectivity index (χ1n) is 5.60. The summed E-state index contributed by atoms with van der Waals surface area (Å²) in [4.78, 5) is 13.0. The van der Waals surface area contributed by atoms with Crippen molar-refractivity contribution in [3.8, 4) is 0 Å². The van der Waals surface area contributed by atoms with Crippen LogP contribution in [0.15, 0.2) is 12.1 Å². The predicted octanol–water partition coefficient (Wildman–Crippen LogP) is 1.46. The Morgan fingerprint density at radius 3 is 2.39 bits per heavy atom. The van der Waals surface area contributed by atoms with E-state index in [0.717, 1.165) is 12.1 Å². The van der Waals surface area contributed by atoms with Gasteiger partial charge in [-0.15, -0.1) is 0 Å². The van der Waals surface area contributed by atoms with E-state index in [0.29, 0.717) is 6.54 Å². The topological polar surface area (TPSA) is 52.6 Å². The summed E-state index contributed by atoms with van der Waals surface area (Å²) in [7, 11) is 1.45.